The molecular weight excluding hydrogens is 451 g/mol. The molecule has 1 fully saturated rings. The van der Waals surface area contributed by atoms with Crippen LogP contribution in [0.3, 0.4) is 0 Å². The van der Waals surface area contributed by atoms with Crippen molar-refractivity contribution in [2.75, 3.05) is 5.32 Å². The second-order valence-electron chi connectivity index (χ2n) is 7.65. The number of pyridine rings is 1. The second-order valence-corrected chi connectivity index (χ2v) is 8.49. The monoisotopic (exact) mass is 472 g/mol. The molecule has 0 bridgehead atoms. The molecule has 0 saturated heterocycles. The number of halogens is 2. The van der Waals surface area contributed by atoms with E-state index < -0.39 is 5.91 Å². The number of rotatable bonds is 6. The van der Waals surface area contributed by atoms with Gasteiger partial charge in [-0.1, -0.05) is 23.2 Å². The molecule has 0 radical (unpaired) electrons. The van der Waals surface area contributed by atoms with Gasteiger partial charge in [0.05, 0.1) is 22.0 Å². The van der Waals surface area contributed by atoms with Gasteiger partial charge in [0.2, 0.25) is 0 Å². The molecular formula is C22H22Cl2N6O2. The van der Waals surface area contributed by atoms with Crippen molar-refractivity contribution in [3.05, 3.63) is 69.1 Å². The zero-order chi connectivity index (χ0) is 22.8. The van der Waals surface area contributed by atoms with E-state index in [1.165, 1.54) is 4.68 Å². The van der Waals surface area contributed by atoms with Gasteiger partial charge in [0.1, 0.15) is 5.69 Å². The number of carbonyl (C=O) groups excluding carboxylic acids is 2. The fraction of sp³-hybridized carbons (Fsp3) is 0.273. The highest BCUT2D eigenvalue weighted by Crippen LogP contribution is 2.28. The van der Waals surface area contributed by atoms with Gasteiger partial charge < -0.3 is 16.4 Å². The molecule has 1 aromatic carbocycles. The van der Waals surface area contributed by atoms with Crippen LogP contribution in [-0.2, 0) is 6.54 Å². The molecule has 32 heavy (non-hydrogen) atoms. The summed E-state index contributed by atoms with van der Waals surface area (Å²) in [5.74, 6) is -0.462. The first-order chi connectivity index (χ1) is 15.4. The Morgan fingerprint density at radius 3 is 2.66 bits per heavy atom. The van der Waals surface area contributed by atoms with E-state index in [1.807, 2.05) is 0 Å². The Labute approximate surface area is 195 Å². The molecule has 10 heteroatoms. The van der Waals surface area contributed by atoms with Crippen LogP contribution >= 0.6 is 23.2 Å². The summed E-state index contributed by atoms with van der Waals surface area (Å²) >= 11 is 12.5. The van der Waals surface area contributed by atoms with E-state index in [-0.39, 0.29) is 24.2 Å². The van der Waals surface area contributed by atoms with Gasteiger partial charge >= 0.3 is 0 Å². The molecule has 2 amide bonds. The lowest BCUT2D eigenvalue weighted by molar-refractivity contribution is 0.0918. The van der Waals surface area contributed by atoms with Gasteiger partial charge in [-0.05, 0) is 62.1 Å². The molecule has 4 N–H and O–H groups in total. The van der Waals surface area contributed by atoms with Crippen molar-refractivity contribution in [2.45, 2.75) is 38.8 Å². The normalized spacial score (nSPS) is 13.5. The Morgan fingerprint density at radius 2 is 2.00 bits per heavy atom. The third-order valence-corrected chi connectivity index (χ3v) is 5.88. The number of hydrogen-bond acceptors (Lipinski definition) is 5. The van der Waals surface area contributed by atoms with Crippen LogP contribution in [0.5, 0.6) is 0 Å². The van der Waals surface area contributed by atoms with Crippen molar-refractivity contribution in [1.82, 2.24) is 20.1 Å². The molecule has 1 saturated carbocycles. The second kappa shape index (κ2) is 9.28. The van der Waals surface area contributed by atoms with Crippen LogP contribution in [0.15, 0.2) is 36.5 Å². The van der Waals surface area contributed by atoms with Gasteiger partial charge in [0, 0.05) is 23.8 Å². The van der Waals surface area contributed by atoms with Crippen LogP contribution < -0.4 is 16.4 Å². The van der Waals surface area contributed by atoms with Gasteiger partial charge in [0.15, 0.2) is 5.82 Å². The van der Waals surface area contributed by atoms with Crippen molar-refractivity contribution < 1.29 is 9.59 Å². The average molecular weight is 473 g/mol. The number of benzene rings is 1. The van der Waals surface area contributed by atoms with E-state index in [4.69, 9.17) is 28.9 Å². The smallest absolute Gasteiger partial charge is 0.274 e. The first-order valence-electron chi connectivity index (χ1n) is 10.2. The van der Waals surface area contributed by atoms with Crippen molar-refractivity contribution in [3.8, 4) is 5.82 Å². The minimum Gasteiger partial charge on any atom is -0.349 e. The molecule has 3 aromatic rings. The Hall–Kier alpha value is -2.94. The molecule has 0 aliphatic heterocycles. The van der Waals surface area contributed by atoms with E-state index in [1.54, 1.807) is 43.5 Å². The summed E-state index contributed by atoms with van der Waals surface area (Å²) in [5, 5.41) is 10.9. The predicted octanol–water partition coefficient (Wildman–Crippen LogP) is 3.88. The lowest BCUT2D eigenvalue weighted by Crippen LogP contribution is -2.39. The SMILES string of the molecule is Cc1cc(Cl)cc(C(=O)NC2CCC2)c1NC(=O)c1cc(CN)nn1-c1ncccc1Cl. The zero-order valence-electron chi connectivity index (χ0n) is 17.4. The largest absolute Gasteiger partial charge is 0.349 e. The van der Waals surface area contributed by atoms with Crippen LogP contribution in [0, 0.1) is 6.92 Å². The number of anilines is 1. The third kappa shape index (κ3) is 4.48. The van der Waals surface area contributed by atoms with Gasteiger partial charge in [-0.3, -0.25) is 9.59 Å². The number of nitrogens with one attached hydrogen (secondary N) is 2. The number of carbonyl (C=O) groups is 2. The van der Waals surface area contributed by atoms with Crippen molar-refractivity contribution in [3.63, 3.8) is 0 Å². The van der Waals surface area contributed by atoms with Crippen molar-refractivity contribution in [1.29, 1.82) is 0 Å². The molecule has 4 rings (SSSR count). The lowest BCUT2D eigenvalue weighted by atomic mass is 9.92. The topological polar surface area (TPSA) is 115 Å². The Balaban J connectivity index is 1.70. The van der Waals surface area contributed by atoms with E-state index in [9.17, 15) is 9.59 Å². The van der Waals surface area contributed by atoms with Gasteiger partial charge in [-0.2, -0.15) is 5.10 Å². The van der Waals surface area contributed by atoms with Crippen molar-refractivity contribution >= 4 is 40.7 Å². The number of nitrogens with zero attached hydrogens (tertiary/aromatic N) is 3. The standard InChI is InChI=1S/C22H22Cl2N6O2/c1-12-8-13(23)9-16(21(31)27-14-4-2-5-14)19(12)28-22(32)18-10-15(11-25)29-30(18)20-17(24)6-3-7-26-20/h3,6-10,14H,2,4-5,11,25H2,1H3,(H,27,31)(H,28,32). The number of nitrogens with two attached hydrogens (primary N) is 1. The van der Waals surface area contributed by atoms with E-state index in [2.05, 4.69) is 20.7 Å². The van der Waals surface area contributed by atoms with Gasteiger partial charge in [0.25, 0.3) is 11.8 Å². The van der Waals surface area contributed by atoms with Crippen LogP contribution in [-0.4, -0.2) is 32.6 Å². The maximum atomic E-state index is 13.3. The third-order valence-electron chi connectivity index (χ3n) is 5.37. The Morgan fingerprint density at radius 1 is 1.22 bits per heavy atom. The molecule has 1 aliphatic carbocycles. The van der Waals surface area contributed by atoms with E-state index in [0.717, 1.165) is 19.3 Å². The van der Waals surface area contributed by atoms with Crippen LogP contribution in [0.4, 0.5) is 5.69 Å². The first-order valence-corrected chi connectivity index (χ1v) is 10.9. The molecule has 2 aromatic heterocycles. The molecule has 0 spiro atoms. The molecule has 2 heterocycles. The highest BCUT2D eigenvalue weighted by molar-refractivity contribution is 6.32. The summed E-state index contributed by atoms with van der Waals surface area (Å²) in [6, 6.07) is 8.29. The number of hydrogen-bond donors (Lipinski definition) is 3. The fourth-order valence-corrected chi connectivity index (χ4v) is 3.94. The first kappa shape index (κ1) is 22.3. The maximum Gasteiger partial charge on any atom is 0.274 e. The summed E-state index contributed by atoms with van der Waals surface area (Å²) in [7, 11) is 0. The molecule has 8 nitrogen and oxygen atoms in total. The van der Waals surface area contributed by atoms with Gasteiger partial charge in [-0.15, -0.1) is 0 Å². The molecule has 0 atom stereocenters. The van der Waals surface area contributed by atoms with Crippen LogP contribution in [0.2, 0.25) is 10.0 Å². The van der Waals surface area contributed by atoms with Gasteiger partial charge in [-0.25, -0.2) is 9.67 Å². The van der Waals surface area contributed by atoms with Crippen LogP contribution in [0.1, 0.15) is 51.4 Å². The van der Waals surface area contributed by atoms with Crippen LogP contribution in [0.25, 0.3) is 5.82 Å². The summed E-state index contributed by atoms with van der Waals surface area (Å²) in [6.45, 7) is 1.91. The zero-order valence-corrected chi connectivity index (χ0v) is 18.9. The predicted molar refractivity (Wildman–Crippen MR) is 124 cm³/mol. The molecule has 1 aliphatic rings. The number of aryl methyl sites for hydroxylation is 1. The summed E-state index contributed by atoms with van der Waals surface area (Å²) < 4.78 is 1.35. The number of aromatic nitrogens is 3. The van der Waals surface area contributed by atoms with Crippen molar-refractivity contribution in [2.24, 2.45) is 5.73 Å². The maximum absolute atomic E-state index is 13.3. The Bertz CT molecular complexity index is 1190. The molecule has 0 unspecified atom stereocenters. The quantitative estimate of drug-likeness (QED) is 0.503. The van der Waals surface area contributed by atoms with E-state index >= 15 is 0 Å². The highest BCUT2D eigenvalue weighted by Gasteiger charge is 2.25. The minimum absolute atomic E-state index is 0.132. The molecule has 166 valence electrons. The summed E-state index contributed by atoms with van der Waals surface area (Å²) in [4.78, 5) is 30.4. The summed E-state index contributed by atoms with van der Waals surface area (Å²) in [5.41, 5.74) is 7.76. The Kier molecular flexibility index (Phi) is 6.45. The fourth-order valence-electron chi connectivity index (χ4n) is 3.47. The van der Waals surface area contributed by atoms with E-state index in [0.29, 0.717) is 38.4 Å². The summed E-state index contributed by atoms with van der Waals surface area (Å²) in [6.07, 6.45) is 4.53. The number of amides is 2. The minimum atomic E-state index is -0.484. The lowest BCUT2D eigenvalue weighted by Gasteiger charge is -2.27. The average Bonchev–Trinajstić information content (AvgIpc) is 3.17. The highest BCUT2D eigenvalue weighted by atomic mass is 35.5.